The molecule has 0 atom stereocenters. The molecule has 78 valence electrons. The van der Waals surface area contributed by atoms with E-state index in [4.69, 9.17) is 5.73 Å². The molecule has 5 heteroatoms. The van der Waals surface area contributed by atoms with Gasteiger partial charge in [-0.3, -0.25) is 9.79 Å². The second-order valence-corrected chi connectivity index (χ2v) is 3.22. The van der Waals surface area contributed by atoms with Crippen molar-refractivity contribution in [3.05, 3.63) is 29.8 Å². The molecule has 0 aromatic heterocycles. The maximum absolute atomic E-state index is 10.8. The summed E-state index contributed by atoms with van der Waals surface area (Å²) in [6, 6.07) is 6.95. The molecule has 0 aliphatic carbocycles. The standard InChI is InChI=1S/C10H12N4O/c11-9(15)7-1-3-8(4-2-7)14-10-12-5-6-13-10/h1-4H,5-6H2,(H2,11,15)(H2,12,13,14). The van der Waals surface area contributed by atoms with Gasteiger partial charge in [-0.25, -0.2) is 0 Å². The number of rotatable bonds is 2. The molecular formula is C10H12N4O. The van der Waals surface area contributed by atoms with Gasteiger partial charge in [0.15, 0.2) is 5.96 Å². The highest BCUT2D eigenvalue weighted by Gasteiger charge is 2.05. The van der Waals surface area contributed by atoms with Crippen LogP contribution in [-0.2, 0) is 0 Å². The zero-order valence-corrected chi connectivity index (χ0v) is 8.16. The minimum Gasteiger partial charge on any atom is -0.366 e. The lowest BCUT2D eigenvalue weighted by Crippen LogP contribution is -2.26. The Kier molecular flexibility index (Phi) is 2.53. The summed E-state index contributed by atoms with van der Waals surface area (Å²) in [5.74, 6) is 0.347. The van der Waals surface area contributed by atoms with Gasteiger partial charge in [-0.15, -0.1) is 0 Å². The molecule has 0 saturated carbocycles. The van der Waals surface area contributed by atoms with Gasteiger partial charge in [0.2, 0.25) is 5.91 Å². The number of anilines is 1. The molecule has 4 N–H and O–H groups in total. The quantitative estimate of drug-likeness (QED) is 0.642. The molecule has 0 unspecified atom stereocenters. The number of carbonyl (C=O) groups is 1. The highest BCUT2D eigenvalue weighted by molar-refractivity contribution is 5.96. The Morgan fingerprint density at radius 1 is 1.40 bits per heavy atom. The Labute approximate surface area is 87.4 Å². The van der Waals surface area contributed by atoms with E-state index in [0.29, 0.717) is 5.56 Å². The molecule has 1 aromatic rings. The number of carbonyl (C=O) groups excluding carboxylic acids is 1. The smallest absolute Gasteiger partial charge is 0.248 e. The molecule has 0 bridgehead atoms. The fourth-order valence-electron chi connectivity index (χ4n) is 1.34. The van der Waals surface area contributed by atoms with Crippen LogP contribution in [0, 0.1) is 0 Å². The molecule has 1 amide bonds. The van der Waals surface area contributed by atoms with Crippen molar-refractivity contribution in [2.75, 3.05) is 18.4 Å². The van der Waals surface area contributed by atoms with E-state index in [1.807, 2.05) is 0 Å². The Bertz CT molecular complexity index is 396. The number of nitrogens with one attached hydrogen (secondary N) is 2. The normalized spacial score (nSPS) is 14.3. The van der Waals surface area contributed by atoms with E-state index in [9.17, 15) is 4.79 Å². The molecule has 0 radical (unpaired) electrons. The SMILES string of the molecule is NC(=O)c1ccc(NC2=NCCN2)cc1. The van der Waals surface area contributed by atoms with Crippen LogP contribution in [0.1, 0.15) is 10.4 Å². The topological polar surface area (TPSA) is 79.5 Å². The van der Waals surface area contributed by atoms with Gasteiger partial charge in [0.1, 0.15) is 0 Å². The Hall–Kier alpha value is -2.04. The number of benzene rings is 1. The van der Waals surface area contributed by atoms with Crippen LogP contribution in [0.15, 0.2) is 29.3 Å². The number of aliphatic imine (C=N–C) groups is 1. The van der Waals surface area contributed by atoms with E-state index in [2.05, 4.69) is 15.6 Å². The number of nitrogens with zero attached hydrogens (tertiary/aromatic N) is 1. The average molecular weight is 204 g/mol. The second kappa shape index (κ2) is 4.00. The van der Waals surface area contributed by atoms with Gasteiger partial charge in [0.05, 0.1) is 6.54 Å². The lowest BCUT2D eigenvalue weighted by Gasteiger charge is -2.06. The van der Waals surface area contributed by atoms with Crippen molar-refractivity contribution in [3.8, 4) is 0 Å². The van der Waals surface area contributed by atoms with Gasteiger partial charge >= 0.3 is 0 Å². The maximum atomic E-state index is 10.8. The minimum absolute atomic E-state index is 0.419. The van der Waals surface area contributed by atoms with Crippen LogP contribution < -0.4 is 16.4 Å². The average Bonchev–Trinajstić information content (AvgIpc) is 2.71. The molecule has 1 aliphatic heterocycles. The predicted octanol–water partition coefficient (Wildman–Crippen LogP) is 0.157. The number of hydrogen-bond acceptors (Lipinski definition) is 4. The number of amides is 1. The van der Waals surface area contributed by atoms with Crippen LogP contribution >= 0.6 is 0 Å². The largest absolute Gasteiger partial charge is 0.366 e. The number of guanidine groups is 1. The van der Waals surface area contributed by atoms with Crippen LogP contribution in [0.25, 0.3) is 0 Å². The van der Waals surface area contributed by atoms with E-state index >= 15 is 0 Å². The summed E-state index contributed by atoms with van der Waals surface area (Å²) in [6.07, 6.45) is 0. The van der Waals surface area contributed by atoms with Gasteiger partial charge in [0.25, 0.3) is 0 Å². The van der Waals surface area contributed by atoms with Crippen LogP contribution in [0.4, 0.5) is 5.69 Å². The zero-order valence-electron chi connectivity index (χ0n) is 8.16. The van der Waals surface area contributed by atoms with E-state index < -0.39 is 5.91 Å². The molecule has 0 saturated heterocycles. The van der Waals surface area contributed by atoms with Gasteiger partial charge in [-0.1, -0.05) is 0 Å². The van der Waals surface area contributed by atoms with Crippen molar-refractivity contribution in [2.24, 2.45) is 10.7 Å². The molecule has 1 aliphatic rings. The lowest BCUT2D eigenvalue weighted by atomic mass is 10.2. The van der Waals surface area contributed by atoms with Gasteiger partial charge < -0.3 is 16.4 Å². The van der Waals surface area contributed by atoms with Crippen molar-refractivity contribution < 1.29 is 4.79 Å². The lowest BCUT2D eigenvalue weighted by molar-refractivity contribution is 0.100. The van der Waals surface area contributed by atoms with Gasteiger partial charge in [0, 0.05) is 17.8 Å². The van der Waals surface area contributed by atoms with E-state index in [1.54, 1.807) is 24.3 Å². The molecule has 5 nitrogen and oxygen atoms in total. The first kappa shape index (κ1) is 9.51. The summed E-state index contributed by atoms with van der Waals surface area (Å²) < 4.78 is 0. The van der Waals surface area contributed by atoms with Crippen LogP contribution in [0.5, 0.6) is 0 Å². The van der Waals surface area contributed by atoms with Crippen molar-refractivity contribution in [3.63, 3.8) is 0 Å². The molecule has 0 fully saturated rings. The third-order valence-electron chi connectivity index (χ3n) is 2.11. The highest BCUT2D eigenvalue weighted by atomic mass is 16.1. The second-order valence-electron chi connectivity index (χ2n) is 3.22. The minimum atomic E-state index is -0.419. The van der Waals surface area contributed by atoms with Crippen LogP contribution in [0.2, 0.25) is 0 Å². The number of nitrogens with two attached hydrogens (primary N) is 1. The number of hydrogen-bond donors (Lipinski definition) is 3. The highest BCUT2D eigenvalue weighted by Crippen LogP contribution is 2.09. The monoisotopic (exact) mass is 204 g/mol. The summed E-state index contributed by atoms with van der Waals surface area (Å²) >= 11 is 0. The first-order chi connectivity index (χ1) is 7.25. The van der Waals surface area contributed by atoms with Crippen molar-refractivity contribution in [1.82, 2.24) is 5.32 Å². The predicted molar refractivity (Wildman–Crippen MR) is 58.9 cm³/mol. The summed E-state index contributed by atoms with van der Waals surface area (Å²) in [5.41, 5.74) is 6.52. The Morgan fingerprint density at radius 2 is 2.13 bits per heavy atom. The molecular weight excluding hydrogens is 192 g/mol. The van der Waals surface area contributed by atoms with Crippen molar-refractivity contribution in [2.45, 2.75) is 0 Å². The molecule has 1 heterocycles. The van der Waals surface area contributed by atoms with E-state index in [-0.39, 0.29) is 0 Å². The Balaban J connectivity index is 2.06. The van der Waals surface area contributed by atoms with Gasteiger partial charge in [-0.05, 0) is 24.3 Å². The Morgan fingerprint density at radius 3 is 2.67 bits per heavy atom. The van der Waals surface area contributed by atoms with Crippen LogP contribution in [-0.4, -0.2) is 25.0 Å². The summed E-state index contributed by atoms with van der Waals surface area (Å²) in [7, 11) is 0. The summed E-state index contributed by atoms with van der Waals surface area (Å²) in [4.78, 5) is 15.0. The third kappa shape index (κ3) is 2.25. The fraction of sp³-hybridized carbons (Fsp3) is 0.200. The molecule has 15 heavy (non-hydrogen) atoms. The first-order valence-corrected chi connectivity index (χ1v) is 4.71. The molecule has 0 spiro atoms. The van der Waals surface area contributed by atoms with Crippen LogP contribution in [0.3, 0.4) is 0 Å². The zero-order chi connectivity index (χ0) is 10.7. The van der Waals surface area contributed by atoms with E-state index in [1.165, 1.54) is 0 Å². The molecule has 1 aromatic carbocycles. The van der Waals surface area contributed by atoms with Crippen molar-refractivity contribution in [1.29, 1.82) is 0 Å². The third-order valence-corrected chi connectivity index (χ3v) is 2.11. The summed E-state index contributed by atoms with van der Waals surface area (Å²) in [6.45, 7) is 1.66. The van der Waals surface area contributed by atoms with Gasteiger partial charge in [-0.2, -0.15) is 0 Å². The number of primary amides is 1. The fourth-order valence-corrected chi connectivity index (χ4v) is 1.34. The van der Waals surface area contributed by atoms with E-state index in [0.717, 1.165) is 24.7 Å². The maximum Gasteiger partial charge on any atom is 0.248 e. The molecule has 2 rings (SSSR count). The summed E-state index contributed by atoms with van der Waals surface area (Å²) in [5, 5.41) is 6.18. The first-order valence-electron chi connectivity index (χ1n) is 4.71. The van der Waals surface area contributed by atoms with Crippen molar-refractivity contribution >= 4 is 17.6 Å².